The topological polar surface area (TPSA) is 92.3 Å². The van der Waals surface area contributed by atoms with Gasteiger partial charge in [-0.05, 0) is 44.9 Å². The summed E-state index contributed by atoms with van der Waals surface area (Å²) in [6, 6.07) is 4.85. The second kappa shape index (κ2) is 6.33. The van der Waals surface area contributed by atoms with Crippen molar-refractivity contribution < 1.29 is 14.6 Å². The lowest BCUT2D eigenvalue weighted by molar-refractivity contribution is 0.0316. The summed E-state index contributed by atoms with van der Waals surface area (Å²) >= 11 is 1.43. The number of nitrogens with zero attached hydrogens (tertiary/aromatic N) is 1. The van der Waals surface area contributed by atoms with Crippen LogP contribution in [0.25, 0.3) is 10.2 Å². The molecule has 7 heteroatoms. The molecular formula is C18H18N2O4S. The van der Waals surface area contributed by atoms with Gasteiger partial charge in [0.15, 0.2) is 11.9 Å². The third-order valence-electron chi connectivity index (χ3n) is 4.18. The molecule has 3 rings (SSSR count). The third-order valence-corrected chi connectivity index (χ3v) is 5.29. The van der Waals surface area contributed by atoms with Gasteiger partial charge in [-0.25, -0.2) is 9.78 Å². The summed E-state index contributed by atoms with van der Waals surface area (Å²) in [5, 5.41) is 10.6. The Labute approximate surface area is 148 Å². The van der Waals surface area contributed by atoms with E-state index in [1.807, 2.05) is 13.8 Å². The van der Waals surface area contributed by atoms with Crippen LogP contribution in [0.2, 0.25) is 0 Å². The van der Waals surface area contributed by atoms with Gasteiger partial charge in [0.05, 0.1) is 5.39 Å². The predicted molar refractivity (Wildman–Crippen MR) is 96.4 cm³/mol. The zero-order chi connectivity index (χ0) is 18.3. The predicted octanol–water partition coefficient (Wildman–Crippen LogP) is 3.53. The Kier molecular flexibility index (Phi) is 4.34. The van der Waals surface area contributed by atoms with Crippen LogP contribution < -0.4 is 5.56 Å². The van der Waals surface area contributed by atoms with Crippen molar-refractivity contribution in [1.29, 1.82) is 0 Å². The van der Waals surface area contributed by atoms with E-state index in [0.29, 0.717) is 15.8 Å². The van der Waals surface area contributed by atoms with E-state index in [1.54, 1.807) is 26.0 Å². The third kappa shape index (κ3) is 3.02. The van der Waals surface area contributed by atoms with Crippen LogP contribution in [0, 0.1) is 20.8 Å². The number of carbonyl (C=O) groups is 1. The van der Waals surface area contributed by atoms with E-state index < -0.39 is 12.1 Å². The van der Waals surface area contributed by atoms with Crippen molar-refractivity contribution in [3.8, 4) is 5.75 Å². The Balaban J connectivity index is 1.92. The minimum Gasteiger partial charge on any atom is -0.507 e. The number of phenolic OH excluding ortho intramolecular Hbond substituents is 1. The van der Waals surface area contributed by atoms with Gasteiger partial charge in [-0.2, -0.15) is 0 Å². The van der Waals surface area contributed by atoms with Gasteiger partial charge in [0, 0.05) is 4.88 Å². The second-order valence-corrected chi connectivity index (χ2v) is 7.14. The van der Waals surface area contributed by atoms with Crippen LogP contribution in [0.4, 0.5) is 0 Å². The smallest absolute Gasteiger partial charge is 0.342 e. The molecule has 0 aliphatic heterocycles. The number of carbonyl (C=O) groups excluding carboxylic acids is 1. The summed E-state index contributed by atoms with van der Waals surface area (Å²) in [4.78, 5) is 33.4. The maximum Gasteiger partial charge on any atom is 0.342 e. The lowest BCUT2D eigenvalue weighted by Gasteiger charge is -2.13. The van der Waals surface area contributed by atoms with E-state index in [4.69, 9.17) is 4.74 Å². The number of benzene rings is 1. The number of aryl methyl sites for hydroxylation is 3. The number of para-hydroxylation sites is 1. The largest absolute Gasteiger partial charge is 0.507 e. The van der Waals surface area contributed by atoms with Crippen LogP contribution in [0.3, 0.4) is 0 Å². The summed E-state index contributed by atoms with van der Waals surface area (Å²) in [6.45, 7) is 7.14. The molecule has 2 aromatic heterocycles. The highest BCUT2D eigenvalue weighted by molar-refractivity contribution is 7.18. The van der Waals surface area contributed by atoms with Gasteiger partial charge in [-0.3, -0.25) is 4.79 Å². The van der Waals surface area contributed by atoms with Crippen molar-refractivity contribution in [1.82, 2.24) is 9.97 Å². The standard InChI is InChI=1S/C18H18N2O4S/c1-8-6-5-7-12(14(8)21)18(23)24-10(3)15-19-16(22)13-9(2)11(4)25-17(13)20-15/h5-7,10,21H,1-4H3,(H,19,20,22)/t10-/m1/s1. The fourth-order valence-corrected chi connectivity index (χ4v) is 3.60. The van der Waals surface area contributed by atoms with Crippen LogP contribution in [0.5, 0.6) is 5.75 Å². The molecule has 2 heterocycles. The van der Waals surface area contributed by atoms with Crippen molar-refractivity contribution in [3.63, 3.8) is 0 Å². The zero-order valence-corrected chi connectivity index (χ0v) is 15.2. The molecule has 0 saturated carbocycles. The van der Waals surface area contributed by atoms with Crippen LogP contribution in [0.15, 0.2) is 23.0 Å². The molecule has 0 amide bonds. The van der Waals surface area contributed by atoms with Gasteiger partial charge >= 0.3 is 5.97 Å². The fourth-order valence-electron chi connectivity index (χ4n) is 2.57. The van der Waals surface area contributed by atoms with E-state index in [1.165, 1.54) is 17.4 Å². The molecule has 0 unspecified atom stereocenters. The number of esters is 1. The first-order valence-electron chi connectivity index (χ1n) is 7.79. The molecule has 6 nitrogen and oxygen atoms in total. The number of aromatic nitrogens is 2. The number of hydrogen-bond acceptors (Lipinski definition) is 6. The van der Waals surface area contributed by atoms with Crippen LogP contribution >= 0.6 is 11.3 Å². The first-order valence-corrected chi connectivity index (χ1v) is 8.60. The van der Waals surface area contributed by atoms with Crippen LogP contribution in [0.1, 0.15) is 45.2 Å². The summed E-state index contributed by atoms with van der Waals surface area (Å²) in [7, 11) is 0. The van der Waals surface area contributed by atoms with Crippen molar-refractivity contribution in [3.05, 3.63) is 55.9 Å². The second-order valence-electron chi connectivity index (χ2n) is 5.93. The minimum atomic E-state index is -0.757. The van der Waals surface area contributed by atoms with E-state index in [-0.39, 0.29) is 22.7 Å². The van der Waals surface area contributed by atoms with E-state index >= 15 is 0 Å². The number of aromatic hydroxyl groups is 1. The summed E-state index contributed by atoms with van der Waals surface area (Å²) in [5.74, 6) is -0.504. The monoisotopic (exact) mass is 358 g/mol. The number of aromatic amines is 1. The van der Waals surface area contributed by atoms with Crippen molar-refractivity contribution in [2.45, 2.75) is 33.8 Å². The number of ether oxygens (including phenoxy) is 1. The molecular weight excluding hydrogens is 340 g/mol. The maximum atomic E-state index is 12.3. The van der Waals surface area contributed by atoms with Crippen LogP contribution in [-0.2, 0) is 4.74 Å². The van der Waals surface area contributed by atoms with Crippen molar-refractivity contribution in [2.24, 2.45) is 0 Å². The Morgan fingerprint density at radius 1 is 1.32 bits per heavy atom. The van der Waals surface area contributed by atoms with E-state index in [2.05, 4.69) is 9.97 Å². The molecule has 130 valence electrons. The lowest BCUT2D eigenvalue weighted by Crippen LogP contribution is -2.17. The number of H-pyrrole nitrogens is 1. The van der Waals surface area contributed by atoms with Gasteiger partial charge in [0.25, 0.3) is 5.56 Å². The van der Waals surface area contributed by atoms with Gasteiger partial charge in [-0.1, -0.05) is 12.1 Å². The molecule has 3 aromatic rings. The fraction of sp³-hybridized carbons (Fsp3) is 0.278. The quantitative estimate of drug-likeness (QED) is 0.699. The van der Waals surface area contributed by atoms with Crippen LogP contribution in [-0.4, -0.2) is 21.0 Å². The Hall–Kier alpha value is -2.67. The summed E-state index contributed by atoms with van der Waals surface area (Å²) in [5.41, 5.74) is 1.33. The van der Waals surface area contributed by atoms with Crippen molar-refractivity contribution >= 4 is 27.5 Å². The minimum absolute atomic E-state index is 0.0816. The van der Waals surface area contributed by atoms with Gasteiger partial charge in [0.2, 0.25) is 0 Å². The summed E-state index contributed by atoms with van der Waals surface area (Å²) in [6.07, 6.45) is -0.757. The van der Waals surface area contributed by atoms with Gasteiger partial charge in [0.1, 0.15) is 16.1 Å². The molecule has 0 fully saturated rings. The molecule has 1 atom stereocenters. The first-order chi connectivity index (χ1) is 11.8. The molecule has 25 heavy (non-hydrogen) atoms. The Morgan fingerprint density at radius 2 is 2.04 bits per heavy atom. The average Bonchev–Trinajstić information content (AvgIpc) is 2.84. The molecule has 0 radical (unpaired) electrons. The van der Waals surface area contributed by atoms with Crippen molar-refractivity contribution in [2.75, 3.05) is 0 Å². The normalized spacial score (nSPS) is 12.3. The molecule has 0 aliphatic carbocycles. The molecule has 0 bridgehead atoms. The number of hydrogen-bond donors (Lipinski definition) is 2. The molecule has 0 aliphatic rings. The first kappa shape index (κ1) is 17.2. The molecule has 2 N–H and O–H groups in total. The zero-order valence-electron chi connectivity index (χ0n) is 14.3. The summed E-state index contributed by atoms with van der Waals surface area (Å²) < 4.78 is 5.37. The molecule has 0 saturated heterocycles. The number of fused-ring (bicyclic) bond motifs is 1. The number of phenols is 1. The molecule has 1 aromatic carbocycles. The number of rotatable bonds is 3. The Bertz CT molecular complexity index is 1040. The van der Waals surface area contributed by atoms with Gasteiger partial charge in [-0.15, -0.1) is 11.3 Å². The number of thiophene rings is 1. The van der Waals surface area contributed by atoms with E-state index in [0.717, 1.165) is 10.4 Å². The van der Waals surface area contributed by atoms with E-state index in [9.17, 15) is 14.7 Å². The highest BCUT2D eigenvalue weighted by Gasteiger charge is 2.21. The number of nitrogens with one attached hydrogen (secondary N) is 1. The van der Waals surface area contributed by atoms with Gasteiger partial charge < -0.3 is 14.8 Å². The Morgan fingerprint density at radius 3 is 2.76 bits per heavy atom. The highest BCUT2D eigenvalue weighted by atomic mass is 32.1. The highest BCUT2D eigenvalue weighted by Crippen LogP contribution is 2.28. The SMILES string of the molecule is Cc1cccc(C(=O)O[C@H](C)c2nc3sc(C)c(C)c3c(=O)[nH]2)c1O. The lowest BCUT2D eigenvalue weighted by atomic mass is 10.1. The average molecular weight is 358 g/mol. The maximum absolute atomic E-state index is 12.3. The molecule has 0 spiro atoms.